The molecule has 0 fully saturated rings. The van der Waals surface area contributed by atoms with E-state index in [0.29, 0.717) is 0 Å². The maximum Gasteiger partial charge on any atom is 0.180 e. The van der Waals surface area contributed by atoms with E-state index in [4.69, 9.17) is 0 Å². The standard InChI is InChI=1S/C62H42Si2/c1-3-15-47(16-4-1)63(59-23-11-7-19-51(59)52-20-8-12-24-60(52)63)49-33-31-45-35-43-29-27-41(37-55(43)57(45)39-49)42-28-30-44-36-46-32-34-50(40-58(46)56(44)38-42)64(48-17-5-2-6-18-48)61-25-13-9-21-53(61)54-22-10-14-26-62(54)64/h1-34,37-40H,35-36H2. The van der Waals surface area contributed by atoms with E-state index in [1.807, 2.05) is 0 Å². The van der Waals surface area contributed by atoms with Crippen molar-refractivity contribution in [3.8, 4) is 55.6 Å². The van der Waals surface area contributed by atoms with Crippen LogP contribution in [0, 0.1) is 0 Å². The van der Waals surface area contributed by atoms with Crippen molar-refractivity contribution in [2.24, 2.45) is 0 Å². The van der Waals surface area contributed by atoms with Crippen molar-refractivity contribution < 1.29 is 0 Å². The highest BCUT2D eigenvalue weighted by molar-refractivity contribution is 7.23. The summed E-state index contributed by atoms with van der Waals surface area (Å²) in [6, 6.07) is 89.2. The van der Waals surface area contributed by atoms with Gasteiger partial charge in [-0.25, -0.2) is 0 Å². The second kappa shape index (κ2) is 13.6. The molecule has 0 spiro atoms. The lowest BCUT2D eigenvalue weighted by Crippen LogP contribution is -2.72. The van der Waals surface area contributed by atoms with E-state index in [9.17, 15) is 0 Å². The van der Waals surface area contributed by atoms with Gasteiger partial charge in [0.15, 0.2) is 16.1 Å². The van der Waals surface area contributed by atoms with Gasteiger partial charge in [0.2, 0.25) is 0 Å². The van der Waals surface area contributed by atoms with Gasteiger partial charge >= 0.3 is 0 Å². The molecule has 0 radical (unpaired) electrons. The zero-order valence-corrected chi connectivity index (χ0v) is 37.4. The van der Waals surface area contributed by atoms with Gasteiger partial charge in [0.1, 0.15) is 0 Å². The van der Waals surface area contributed by atoms with Crippen molar-refractivity contribution in [2.75, 3.05) is 0 Å². The third kappa shape index (κ3) is 4.82. The molecule has 10 aromatic carbocycles. The summed E-state index contributed by atoms with van der Waals surface area (Å²) in [7, 11) is -5.18. The molecule has 2 heteroatoms. The van der Waals surface area contributed by atoms with Crippen LogP contribution in [0.1, 0.15) is 22.3 Å². The summed E-state index contributed by atoms with van der Waals surface area (Å²) in [5, 5.41) is 11.8. The van der Waals surface area contributed by atoms with E-state index >= 15 is 0 Å². The van der Waals surface area contributed by atoms with Gasteiger partial charge in [-0.1, -0.05) is 218 Å². The van der Waals surface area contributed by atoms with Gasteiger partial charge in [0.25, 0.3) is 0 Å². The number of hydrogen-bond acceptors (Lipinski definition) is 0. The first-order chi connectivity index (χ1) is 31.7. The molecule has 0 bridgehead atoms. The highest BCUT2D eigenvalue weighted by Gasteiger charge is 2.50. The molecule has 298 valence electrons. The molecule has 0 unspecified atom stereocenters. The highest BCUT2D eigenvalue weighted by Crippen LogP contribution is 2.43. The maximum atomic E-state index is 2.59. The Morgan fingerprint density at radius 2 is 0.516 bits per heavy atom. The van der Waals surface area contributed by atoms with E-state index in [0.717, 1.165) is 12.8 Å². The van der Waals surface area contributed by atoms with Gasteiger partial charge in [-0.2, -0.15) is 0 Å². The molecule has 0 amide bonds. The summed E-state index contributed by atoms with van der Waals surface area (Å²) < 4.78 is 0. The summed E-state index contributed by atoms with van der Waals surface area (Å²) in [4.78, 5) is 0. The van der Waals surface area contributed by atoms with Gasteiger partial charge in [-0.3, -0.25) is 0 Å². The van der Waals surface area contributed by atoms with Crippen LogP contribution in [0.2, 0.25) is 0 Å². The van der Waals surface area contributed by atoms with Crippen LogP contribution in [0.4, 0.5) is 0 Å². The van der Waals surface area contributed by atoms with E-state index < -0.39 is 16.1 Å². The zero-order chi connectivity index (χ0) is 42.0. The average Bonchev–Trinajstić information content (AvgIpc) is 4.10. The molecule has 0 atom stereocenters. The minimum Gasteiger partial charge on any atom is -0.0623 e. The molecular formula is C62H42Si2. The van der Waals surface area contributed by atoms with Crippen molar-refractivity contribution >= 4 is 57.6 Å². The molecule has 2 aliphatic carbocycles. The summed E-state index contributed by atoms with van der Waals surface area (Å²) in [5.41, 5.74) is 19.3. The Bertz CT molecular complexity index is 3240. The minimum atomic E-state index is -2.59. The van der Waals surface area contributed by atoms with Gasteiger partial charge in [-0.05, 0) is 144 Å². The van der Waals surface area contributed by atoms with Crippen LogP contribution >= 0.6 is 0 Å². The Hall–Kier alpha value is -7.37. The number of benzene rings is 10. The molecule has 2 aliphatic heterocycles. The number of fused-ring (bicyclic) bond motifs is 12. The fourth-order valence-corrected chi connectivity index (χ4v) is 23.0. The maximum absolute atomic E-state index is 2.59. The van der Waals surface area contributed by atoms with Gasteiger partial charge in [-0.15, -0.1) is 0 Å². The van der Waals surface area contributed by atoms with Crippen LogP contribution in [0.3, 0.4) is 0 Å². The van der Waals surface area contributed by atoms with E-state index in [2.05, 4.69) is 231 Å². The molecule has 10 aromatic rings. The Labute approximate surface area is 376 Å². The fraction of sp³-hybridized carbons (Fsp3) is 0.0323. The van der Waals surface area contributed by atoms with E-state index in [1.54, 1.807) is 0 Å². The molecular weight excluding hydrogens is 801 g/mol. The molecule has 64 heavy (non-hydrogen) atoms. The molecule has 0 N–H and O–H groups in total. The van der Waals surface area contributed by atoms with Crippen LogP contribution in [-0.4, -0.2) is 16.1 Å². The lowest BCUT2D eigenvalue weighted by Gasteiger charge is -2.31. The molecule has 0 aromatic heterocycles. The topological polar surface area (TPSA) is 0 Å². The lowest BCUT2D eigenvalue weighted by atomic mass is 9.95. The first-order valence-electron chi connectivity index (χ1n) is 22.7. The Morgan fingerprint density at radius 1 is 0.219 bits per heavy atom. The van der Waals surface area contributed by atoms with Gasteiger partial charge in [0.05, 0.1) is 0 Å². The lowest BCUT2D eigenvalue weighted by molar-refractivity contribution is 1.26. The summed E-state index contributed by atoms with van der Waals surface area (Å²) >= 11 is 0. The fourth-order valence-electron chi connectivity index (χ4n) is 12.6. The third-order valence-corrected chi connectivity index (χ3v) is 25.0. The molecule has 4 aliphatic rings. The van der Waals surface area contributed by atoms with Crippen LogP contribution in [0.5, 0.6) is 0 Å². The summed E-state index contributed by atoms with van der Waals surface area (Å²) in [6.07, 6.45) is 1.94. The first kappa shape index (κ1) is 36.2. The Kier molecular flexibility index (Phi) is 7.66. The largest absolute Gasteiger partial charge is 0.180 e. The van der Waals surface area contributed by atoms with Gasteiger partial charge < -0.3 is 0 Å². The van der Waals surface area contributed by atoms with E-state index in [1.165, 1.54) is 119 Å². The predicted molar refractivity (Wildman–Crippen MR) is 274 cm³/mol. The normalized spacial score (nSPS) is 14.7. The number of hydrogen-bond donors (Lipinski definition) is 0. The Morgan fingerprint density at radius 3 is 0.875 bits per heavy atom. The SMILES string of the molecule is c1ccc([Si]2(c3ccc4c(c3)-c3cc(-c5ccc6c(c5)-c5cc([Si]7(c8ccccc8)c8ccccc8-c8ccccc87)ccc5C6)ccc3C4)c3ccccc3-c3ccccc32)cc1. The third-order valence-electron chi connectivity index (χ3n) is 15.3. The molecule has 0 nitrogen and oxygen atoms in total. The summed E-state index contributed by atoms with van der Waals surface area (Å²) in [5.74, 6) is 0. The van der Waals surface area contributed by atoms with Crippen LogP contribution in [0.15, 0.2) is 231 Å². The van der Waals surface area contributed by atoms with Gasteiger partial charge in [0, 0.05) is 0 Å². The Balaban J connectivity index is 0.898. The first-order valence-corrected chi connectivity index (χ1v) is 26.7. The van der Waals surface area contributed by atoms with Crippen LogP contribution in [-0.2, 0) is 12.8 Å². The molecule has 2 heterocycles. The highest BCUT2D eigenvalue weighted by atomic mass is 28.3. The van der Waals surface area contributed by atoms with Crippen LogP contribution < -0.4 is 41.5 Å². The van der Waals surface area contributed by atoms with Crippen molar-refractivity contribution in [1.29, 1.82) is 0 Å². The van der Waals surface area contributed by atoms with Crippen molar-refractivity contribution in [3.05, 3.63) is 253 Å². The molecule has 0 saturated carbocycles. The average molecular weight is 843 g/mol. The van der Waals surface area contributed by atoms with Crippen molar-refractivity contribution in [1.82, 2.24) is 0 Å². The smallest absolute Gasteiger partial charge is 0.0623 e. The van der Waals surface area contributed by atoms with Crippen LogP contribution in [0.25, 0.3) is 55.6 Å². The molecule has 14 rings (SSSR count). The van der Waals surface area contributed by atoms with Crippen molar-refractivity contribution in [2.45, 2.75) is 12.8 Å². The second-order valence-electron chi connectivity index (χ2n) is 18.3. The molecule has 0 saturated heterocycles. The monoisotopic (exact) mass is 842 g/mol. The zero-order valence-electron chi connectivity index (χ0n) is 35.4. The van der Waals surface area contributed by atoms with E-state index in [-0.39, 0.29) is 0 Å². The predicted octanol–water partition coefficient (Wildman–Crippen LogP) is 9.21. The summed E-state index contributed by atoms with van der Waals surface area (Å²) in [6.45, 7) is 0. The second-order valence-corrected chi connectivity index (χ2v) is 25.7. The number of rotatable bonds is 5. The van der Waals surface area contributed by atoms with Crippen molar-refractivity contribution in [3.63, 3.8) is 0 Å². The minimum absolute atomic E-state index is 0.970. The quantitative estimate of drug-likeness (QED) is 0.152.